The van der Waals surface area contributed by atoms with Crippen LogP contribution in [0, 0.1) is 0 Å². The van der Waals surface area contributed by atoms with E-state index in [1.54, 1.807) is 11.3 Å². The van der Waals surface area contributed by atoms with Crippen LogP contribution < -0.4 is 5.32 Å². The van der Waals surface area contributed by atoms with Gasteiger partial charge in [-0.05, 0) is 52.5 Å². The number of benzene rings is 1. The molecular weight excluding hydrogens is 306 g/mol. The summed E-state index contributed by atoms with van der Waals surface area (Å²) < 4.78 is 1.21. The lowest BCUT2D eigenvalue weighted by Crippen LogP contribution is -2.15. The molecule has 0 radical (unpaired) electrons. The summed E-state index contributed by atoms with van der Waals surface area (Å²) in [5, 5.41) is 3.51. The van der Waals surface area contributed by atoms with Crippen molar-refractivity contribution in [1.29, 1.82) is 0 Å². The van der Waals surface area contributed by atoms with Gasteiger partial charge in [-0.2, -0.15) is 0 Å². The van der Waals surface area contributed by atoms with Crippen LogP contribution in [-0.4, -0.2) is 6.54 Å². The quantitative estimate of drug-likeness (QED) is 0.753. The second kappa shape index (κ2) is 7.07. The van der Waals surface area contributed by atoms with Gasteiger partial charge in [-0.15, -0.1) is 11.3 Å². The molecule has 1 aromatic carbocycles. The Hall–Kier alpha value is -0.640. The first-order valence-electron chi connectivity index (χ1n) is 6.25. The molecule has 1 N–H and O–H groups in total. The van der Waals surface area contributed by atoms with Crippen LogP contribution in [0.15, 0.2) is 46.3 Å². The molecule has 1 nitrogen and oxygen atoms in total. The van der Waals surface area contributed by atoms with E-state index in [0.29, 0.717) is 5.92 Å². The number of hydrogen-bond acceptors (Lipinski definition) is 2. The summed E-state index contributed by atoms with van der Waals surface area (Å²) in [6, 6.07) is 15.0. The van der Waals surface area contributed by atoms with Crippen molar-refractivity contribution >= 4 is 27.3 Å². The number of thiophene rings is 1. The first-order valence-corrected chi connectivity index (χ1v) is 7.86. The van der Waals surface area contributed by atoms with Gasteiger partial charge in [0, 0.05) is 11.4 Å². The molecule has 0 bridgehead atoms. The lowest BCUT2D eigenvalue weighted by molar-refractivity contribution is 0.597. The van der Waals surface area contributed by atoms with Gasteiger partial charge in [0.25, 0.3) is 0 Å². The van der Waals surface area contributed by atoms with Gasteiger partial charge in [0.05, 0.1) is 3.79 Å². The van der Waals surface area contributed by atoms with Crippen LogP contribution in [0.25, 0.3) is 0 Å². The van der Waals surface area contributed by atoms with Crippen molar-refractivity contribution in [3.63, 3.8) is 0 Å². The minimum absolute atomic E-state index is 0.619. The van der Waals surface area contributed by atoms with Crippen molar-refractivity contribution in [1.82, 2.24) is 5.32 Å². The van der Waals surface area contributed by atoms with Crippen molar-refractivity contribution in [3.8, 4) is 0 Å². The van der Waals surface area contributed by atoms with Crippen LogP contribution in [-0.2, 0) is 6.54 Å². The molecule has 1 unspecified atom stereocenters. The van der Waals surface area contributed by atoms with Gasteiger partial charge in [0.1, 0.15) is 0 Å². The Morgan fingerprint density at radius 1 is 1.17 bits per heavy atom. The van der Waals surface area contributed by atoms with Gasteiger partial charge in [-0.3, -0.25) is 0 Å². The summed E-state index contributed by atoms with van der Waals surface area (Å²) in [5.41, 5.74) is 1.43. The molecule has 0 saturated carbocycles. The van der Waals surface area contributed by atoms with Gasteiger partial charge < -0.3 is 5.32 Å². The fraction of sp³-hybridized carbons (Fsp3) is 0.333. The third-order valence-electron chi connectivity index (χ3n) is 3.05. The molecule has 1 atom stereocenters. The summed E-state index contributed by atoms with van der Waals surface area (Å²) in [6.45, 7) is 4.32. The van der Waals surface area contributed by atoms with Crippen LogP contribution in [0.4, 0.5) is 0 Å². The van der Waals surface area contributed by atoms with E-state index < -0.39 is 0 Å². The molecule has 0 aliphatic carbocycles. The highest BCUT2D eigenvalue weighted by molar-refractivity contribution is 9.11. The molecule has 1 heterocycles. The van der Waals surface area contributed by atoms with Crippen molar-refractivity contribution in [2.75, 3.05) is 6.54 Å². The Morgan fingerprint density at radius 3 is 2.61 bits per heavy atom. The molecule has 1 aromatic heterocycles. The maximum atomic E-state index is 3.51. The zero-order chi connectivity index (χ0) is 12.8. The molecule has 0 amide bonds. The Kier molecular flexibility index (Phi) is 5.42. The van der Waals surface area contributed by atoms with Crippen molar-refractivity contribution < 1.29 is 0 Å². The Bertz CT molecular complexity index is 466. The Morgan fingerprint density at radius 2 is 1.94 bits per heavy atom. The maximum absolute atomic E-state index is 3.51. The topological polar surface area (TPSA) is 12.0 Å². The summed E-state index contributed by atoms with van der Waals surface area (Å²) in [6.07, 6.45) is 1.18. The normalized spacial score (nSPS) is 12.6. The van der Waals surface area contributed by atoms with E-state index in [4.69, 9.17) is 0 Å². The molecule has 0 saturated heterocycles. The van der Waals surface area contributed by atoms with E-state index in [-0.39, 0.29) is 0 Å². The minimum atomic E-state index is 0.619. The van der Waals surface area contributed by atoms with E-state index in [0.717, 1.165) is 13.1 Å². The smallest absolute Gasteiger partial charge is 0.0701 e. The summed E-state index contributed by atoms with van der Waals surface area (Å²) in [5.74, 6) is 0.619. The summed E-state index contributed by atoms with van der Waals surface area (Å²) in [7, 11) is 0. The third kappa shape index (κ3) is 4.23. The standard InChI is InChI=1S/C15H18BrNS/c1-12(13-5-3-2-4-6-13)9-10-17-11-14-7-8-15(16)18-14/h2-8,12,17H,9-11H2,1H3. The molecule has 96 valence electrons. The highest BCUT2D eigenvalue weighted by atomic mass is 79.9. The van der Waals surface area contributed by atoms with Crippen molar-refractivity contribution in [3.05, 3.63) is 56.7 Å². The van der Waals surface area contributed by atoms with E-state index in [1.165, 1.54) is 20.6 Å². The average Bonchev–Trinajstić information content (AvgIpc) is 2.81. The molecule has 0 spiro atoms. The van der Waals surface area contributed by atoms with Crippen LogP contribution in [0.2, 0.25) is 0 Å². The largest absolute Gasteiger partial charge is 0.312 e. The molecular formula is C15H18BrNS. The maximum Gasteiger partial charge on any atom is 0.0701 e. The predicted octanol–water partition coefficient (Wildman–Crippen LogP) is 4.79. The van der Waals surface area contributed by atoms with Crippen LogP contribution in [0.5, 0.6) is 0 Å². The highest BCUT2D eigenvalue weighted by Gasteiger charge is 2.04. The van der Waals surface area contributed by atoms with Crippen molar-refractivity contribution in [2.24, 2.45) is 0 Å². The lowest BCUT2D eigenvalue weighted by atomic mass is 9.98. The number of halogens is 1. The molecule has 2 aromatic rings. The van der Waals surface area contributed by atoms with Crippen molar-refractivity contribution in [2.45, 2.75) is 25.8 Å². The first kappa shape index (κ1) is 13.8. The van der Waals surface area contributed by atoms with Gasteiger partial charge in [0.15, 0.2) is 0 Å². The van der Waals surface area contributed by atoms with E-state index >= 15 is 0 Å². The van der Waals surface area contributed by atoms with Gasteiger partial charge in [-0.1, -0.05) is 37.3 Å². The fourth-order valence-electron chi connectivity index (χ4n) is 1.93. The summed E-state index contributed by atoms with van der Waals surface area (Å²) in [4.78, 5) is 1.38. The second-order valence-electron chi connectivity index (χ2n) is 4.48. The van der Waals surface area contributed by atoms with E-state index in [2.05, 4.69) is 70.6 Å². The predicted molar refractivity (Wildman–Crippen MR) is 83.2 cm³/mol. The number of hydrogen-bond donors (Lipinski definition) is 1. The highest BCUT2D eigenvalue weighted by Crippen LogP contribution is 2.22. The zero-order valence-electron chi connectivity index (χ0n) is 10.5. The molecule has 0 aliphatic rings. The van der Waals surface area contributed by atoms with E-state index in [9.17, 15) is 0 Å². The van der Waals surface area contributed by atoms with E-state index in [1.807, 2.05) is 0 Å². The monoisotopic (exact) mass is 323 g/mol. The number of nitrogens with one attached hydrogen (secondary N) is 1. The molecule has 18 heavy (non-hydrogen) atoms. The SMILES string of the molecule is CC(CCNCc1ccc(Br)s1)c1ccccc1. The average molecular weight is 324 g/mol. The fourth-order valence-corrected chi connectivity index (χ4v) is 3.38. The molecule has 3 heteroatoms. The molecule has 0 aliphatic heterocycles. The van der Waals surface area contributed by atoms with Gasteiger partial charge >= 0.3 is 0 Å². The molecule has 0 fully saturated rings. The zero-order valence-corrected chi connectivity index (χ0v) is 12.9. The minimum Gasteiger partial charge on any atom is -0.312 e. The third-order valence-corrected chi connectivity index (χ3v) is 4.67. The summed E-state index contributed by atoms with van der Waals surface area (Å²) >= 11 is 5.28. The van der Waals surface area contributed by atoms with Gasteiger partial charge in [-0.25, -0.2) is 0 Å². The Balaban J connectivity index is 1.69. The van der Waals surface area contributed by atoms with Crippen LogP contribution in [0.1, 0.15) is 29.7 Å². The Labute approximate surface area is 121 Å². The second-order valence-corrected chi connectivity index (χ2v) is 7.03. The molecule has 2 rings (SSSR count). The van der Waals surface area contributed by atoms with Crippen LogP contribution >= 0.6 is 27.3 Å². The number of rotatable bonds is 6. The van der Waals surface area contributed by atoms with Crippen LogP contribution in [0.3, 0.4) is 0 Å². The first-order chi connectivity index (χ1) is 8.75. The van der Waals surface area contributed by atoms with Gasteiger partial charge in [0.2, 0.25) is 0 Å². The lowest BCUT2D eigenvalue weighted by Gasteiger charge is -2.12.